The predicted molar refractivity (Wildman–Crippen MR) is 110 cm³/mol. The quantitative estimate of drug-likeness (QED) is 0.675. The molecule has 0 saturated carbocycles. The second-order valence-electron chi connectivity index (χ2n) is 6.97. The number of nitrogens with one attached hydrogen (secondary N) is 1. The van der Waals surface area contributed by atoms with Crippen molar-refractivity contribution in [3.8, 4) is 0 Å². The van der Waals surface area contributed by atoms with Gasteiger partial charge in [-0.3, -0.25) is 9.48 Å². The number of amides is 1. The topological polar surface area (TPSA) is 88.8 Å². The number of nitrogens with zero attached hydrogens (tertiary/aromatic N) is 6. The molecule has 148 valence electrons. The third-order valence-corrected chi connectivity index (χ3v) is 4.91. The first-order valence-electron chi connectivity index (χ1n) is 9.60. The van der Waals surface area contributed by atoms with E-state index in [4.69, 9.17) is 0 Å². The van der Waals surface area contributed by atoms with Crippen LogP contribution in [-0.2, 0) is 11.8 Å². The van der Waals surface area contributed by atoms with Crippen LogP contribution in [0.5, 0.6) is 0 Å². The molecule has 1 saturated heterocycles. The summed E-state index contributed by atoms with van der Waals surface area (Å²) >= 11 is 0. The highest BCUT2D eigenvalue weighted by Crippen LogP contribution is 2.32. The maximum atomic E-state index is 12.8. The van der Waals surface area contributed by atoms with E-state index in [1.807, 2.05) is 49.2 Å². The first-order chi connectivity index (χ1) is 14.1. The van der Waals surface area contributed by atoms with Gasteiger partial charge < -0.3 is 10.2 Å². The fourth-order valence-electron chi connectivity index (χ4n) is 3.53. The van der Waals surface area contributed by atoms with Crippen LogP contribution in [-0.4, -0.2) is 42.1 Å². The van der Waals surface area contributed by atoms with Gasteiger partial charge >= 0.3 is 0 Å². The van der Waals surface area contributed by atoms with Gasteiger partial charge in [-0.05, 0) is 44.0 Å². The Kier molecular flexibility index (Phi) is 5.33. The van der Waals surface area contributed by atoms with Gasteiger partial charge in [0.1, 0.15) is 17.5 Å². The number of aromatic nitrogens is 5. The van der Waals surface area contributed by atoms with Gasteiger partial charge in [0.2, 0.25) is 5.91 Å². The number of hydrogen-bond acceptors (Lipinski definition) is 6. The molecule has 1 atom stereocenters. The molecule has 0 bridgehead atoms. The smallest absolute Gasteiger partial charge is 0.247 e. The van der Waals surface area contributed by atoms with Crippen LogP contribution in [0.25, 0.3) is 6.08 Å². The van der Waals surface area contributed by atoms with Gasteiger partial charge in [-0.2, -0.15) is 5.10 Å². The van der Waals surface area contributed by atoms with Crippen molar-refractivity contribution in [2.24, 2.45) is 7.05 Å². The summed E-state index contributed by atoms with van der Waals surface area (Å²) in [6, 6.07) is 9.37. The minimum atomic E-state index is -0.0651. The molecule has 1 aliphatic rings. The minimum Gasteiger partial charge on any atom is -0.331 e. The van der Waals surface area contributed by atoms with Crippen molar-refractivity contribution in [2.45, 2.75) is 25.8 Å². The van der Waals surface area contributed by atoms with E-state index in [-0.39, 0.29) is 11.9 Å². The molecule has 0 radical (unpaired) electrons. The van der Waals surface area contributed by atoms with Crippen LogP contribution in [0.4, 0.5) is 11.6 Å². The van der Waals surface area contributed by atoms with Crippen LogP contribution >= 0.6 is 0 Å². The van der Waals surface area contributed by atoms with Crippen LogP contribution in [0, 0.1) is 6.92 Å². The Hall–Kier alpha value is -3.55. The maximum Gasteiger partial charge on any atom is 0.247 e. The fraction of sp³-hybridized carbons (Fsp3) is 0.286. The molecule has 4 heterocycles. The average molecular weight is 389 g/mol. The fourth-order valence-corrected chi connectivity index (χ4v) is 3.53. The van der Waals surface area contributed by atoms with Crippen molar-refractivity contribution < 1.29 is 4.79 Å². The predicted octanol–water partition coefficient (Wildman–Crippen LogP) is 3.03. The number of anilines is 2. The number of aryl methyl sites for hydroxylation is 2. The second-order valence-corrected chi connectivity index (χ2v) is 6.97. The zero-order chi connectivity index (χ0) is 20.2. The summed E-state index contributed by atoms with van der Waals surface area (Å²) in [6.45, 7) is 2.57. The summed E-state index contributed by atoms with van der Waals surface area (Å²) in [4.78, 5) is 28.1. The lowest BCUT2D eigenvalue weighted by Crippen LogP contribution is -2.29. The highest BCUT2D eigenvalue weighted by Gasteiger charge is 2.30. The maximum absolute atomic E-state index is 12.8. The molecule has 1 amide bonds. The van der Waals surface area contributed by atoms with E-state index in [9.17, 15) is 4.79 Å². The molecule has 4 rings (SSSR count). The molecule has 1 N–H and O–H groups in total. The molecule has 0 unspecified atom stereocenters. The minimum absolute atomic E-state index is 0.0239. The first kappa shape index (κ1) is 18.8. The highest BCUT2D eigenvalue weighted by atomic mass is 16.2. The number of carbonyl (C=O) groups is 1. The molecule has 29 heavy (non-hydrogen) atoms. The second kappa shape index (κ2) is 8.22. The lowest BCUT2D eigenvalue weighted by molar-refractivity contribution is -0.126. The van der Waals surface area contributed by atoms with Gasteiger partial charge in [0, 0.05) is 38.1 Å². The summed E-state index contributed by atoms with van der Waals surface area (Å²) in [7, 11) is 1.85. The molecule has 3 aromatic rings. The summed E-state index contributed by atoms with van der Waals surface area (Å²) in [6.07, 6.45) is 8.67. The van der Waals surface area contributed by atoms with E-state index < -0.39 is 0 Å². The number of hydrogen-bond donors (Lipinski definition) is 1. The summed E-state index contributed by atoms with van der Waals surface area (Å²) in [5.74, 6) is 2.03. The van der Waals surface area contributed by atoms with E-state index in [1.165, 1.54) is 0 Å². The van der Waals surface area contributed by atoms with Gasteiger partial charge in [-0.25, -0.2) is 15.0 Å². The molecule has 1 aliphatic heterocycles. The van der Waals surface area contributed by atoms with Crippen molar-refractivity contribution >= 4 is 23.6 Å². The summed E-state index contributed by atoms with van der Waals surface area (Å²) < 4.78 is 1.73. The Balaban J connectivity index is 1.54. The van der Waals surface area contributed by atoms with Crippen molar-refractivity contribution in [2.75, 3.05) is 11.9 Å². The highest BCUT2D eigenvalue weighted by molar-refractivity contribution is 5.92. The average Bonchev–Trinajstić information content (AvgIpc) is 3.35. The standard InChI is InChI=1S/C21H23N7O/c1-15-24-17(14-20(25-15)26-19-7-3-4-11-22-19)18-6-5-13-28(18)21(29)9-8-16-10-12-23-27(16)2/h3-4,7-12,14,18H,5-6,13H2,1-2H3,(H,22,24,25,26)/b9-8+/t18-/m0/s1. The van der Waals surface area contributed by atoms with Gasteiger partial charge in [0.25, 0.3) is 0 Å². The first-order valence-corrected chi connectivity index (χ1v) is 9.60. The van der Waals surface area contributed by atoms with Crippen LogP contribution in [0.2, 0.25) is 0 Å². The number of carbonyl (C=O) groups excluding carboxylic acids is 1. The van der Waals surface area contributed by atoms with Gasteiger partial charge in [0.15, 0.2) is 0 Å². The van der Waals surface area contributed by atoms with Crippen molar-refractivity contribution in [1.82, 2.24) is 29.6 Å². The Morgan fingerprint density at radius 2 is 2.10 bits per heavy atom. The third-order valence-electron chi connectivity index (χ3n) is 4.91. The van der Waals surface area contributed by atoms with Gasteiger partial charge in [-0.1, -0.05) is 6.07 Å². The van der Waals surface area contributed by atoms with Crippen LogP contribution in [0.1, 0.15) is 36.1 Å². The largest absolute Gasteiger partial charge is 0.331 e. The third kappa shape index (κ3) is 4.31. The van der Waals surface area contributed by atoms with Crippen molar-refractivity contribution in [1.29, 1.82) is 0 Å². The molecule has 0 aromatic carbocycles. The lowest BCUT2D eigenvalue weighted by atomic mass is 10.1. The van der Waals surface area contributed by atoms with E-state index in [0.717, 1.165) is 30.0 Å². The van der Waals surface area contributed by atoms with E-state index in [1.54, 1.807) is 29.2 Å². The molecule has 8 nitrogen and oxygen atoms in total. The molecule has 0 aliphatic carbocycles. The number of pyridine rings is 1. The van der Waals surface area contributed by atoms with Crippen LogP contribution < -0.4 is 5.32 Å². The van der Waals surface area contributed by atoms with E-state index in [2.05, 4.69) is 25.4 Å². The SMILES string of the molecule is Cc1nc(Nc2ccccn2)cc([C@@H]2CCCN2C(=O)/C=C/c2ccnn2C)n1. The zero-order valence-corrected chi connectivity index (χ0v) is 16.5. The zero-order valence-electron chi connectivity index (χ0n) is 16.5. The Morgan fingerprint density at radius 3 is 2.86 bits per heavy atom. The molecule has 0 spiro atoms. The van der Waals surface area contributed by atoms with Gasteiger partial charge in [0.05, 0.1) is 17.4 Å². The van der Waals surface area contributed by atoms with Crippen LogP contribution in [0.3, 0.4) is 0 Å². The molecule has 3 aromatic heterocycles. The van der Waals surface area contributed by atoms with Crippen molar-refractivity contribution in [3.05, 3.63) is 66.0 Å². The molecular weight excluding hydrogens is 366 g/mol. The van der Waals surface area contributed by atoms with Gasteiger partial charge in [-0.15, -0.1) is 0 Å². The molecular formula is C21H23N7O. The van der Waals surface area contributed by atoms with E-state index >= 15 is 0 Å². The Morgan fingerprint density at radius 1 is 1.21 bits per heavy atom. The molecule has 8 heteroatoms. The summed E-state index contributed by atoms with van der Waals surface area (Å²) in [5.41, 5.74) is 1.73. The monoisotopic (exact) mass is 389 g/mol. The Labute approximate surface area is 169 Å². The van der Waals surface area contributed by atoms with Crippen LogP contribution in [0.15, 0.2) is 48.8 Å². The molecule has 1 fully saturated rings. The normalized spacial score (nSPS) is 16.5. The lowest BCUT2D eigenvalue weighted by Gasteiger charge is -2.23. The number of likely N-dealkylation sites (tertiary alicyclic amines) is 1. The summed E-state index contributed by atoms with van der Waals surface area (Å²) in [5, 5.41) is 7.33. The Bertz CT molecular complexity index is 1030. The van der Waals surface area contributed by atoms with Crippen molar-refractivity contribution in [3.63, 3.8) is 0 Å². The van der Waals surface area contributed by atoms with E-state index in [0.29, 0.717) is 18.2 Å². The number of rotatable bonds is 5.